The van der Waals surface area contributed by atoms with Crippen molar-refractivity contribution in [2.75, 3.05) is 6.54 Å². The van der Waals surface area contributed by atoms with Crippen LogP contribution in [-0.2, 0) is 16.6 Å². The van der Waals surface area contributed by atoms with E-state index in [1.165, 1.54) is 0 Å². The van der Waals surface area contributed by atoms with Crippen LogP contribution in [0, 0.1) is 5.92 Å². The van der Waals surface area contributed by atoms with Crippen molar-refractivity contribution < 1.29 is 8.42 Å². The number of aromatic amines is 1. The molecule has 3 N–H and O–H groups in total. The lowest BCUT2D eigenvalue weighted by molar-refractivity contribution is 0.576. The summed E-state index contributed by atoms with van der Waals surface area (Å²) in [5.74, 6) is 0.514. The number of sulfonamides is 1. The van der Waals surface area contributed by atoms with Crippen molar-refractivity contribution in [2.24, 2.45) is 5.92 Å². The fraction of sp³-hybridized carbons (Fsp3) is 0.667. The van der Waals surface area contributed by atoms with Gasteiger partial charge in [-0.1, -0.05) is 20.3 Å². The number of nitrogens with one attached hydrogen (secondary N) is 3. The van der Waals surface area contributed by atoms with E-state index in [4.69, 9.17) is 0 Å². The maximum absolute atomic E-state index is 12.1. The van der Waals surface area contributed by atoms with Crippen molar-refractivity contribution >= 4 is 10.0 Å². The lowest BCUT2D eigenvalue weighted by Gasteiger charge is -2.03. The first-order chi connectivity index (χ1) is 8.56. The average molecular weight is 271 g/mol. The number of hydrogen-bond acceptors (Lipinski definition) is 3. The highest BCUT2D eigenvalue weighted by molar-refractivity contribution is 7.89. The van der Waals surface area contributed by atoms with E-state index >= 15 is 0 Å². The maximum Gasteiger partial charge on any atom is 0.242 e. The first kappa shape index (κ1) is 13.6. The van der Waals surface area contributed by atoms with Gasteiger partial charge in [0, 0.05) is 24.5 Å². The molecular formula is C12H21N3O2S. The van der Waals surface area contributed by atoms with Crippen molar-refractivity contribution in [3.63, 3.8) is 0 Å². The zero-order valence-corrected chi connectivity index (χ0v) is 11.7. The van der Waals surface area contributed by atoms with Gasteiger partial charge in [0.1, 0.15) is 0 Å². The van der Waals surface area contributed by atoms with E-state index in [0.29, 0.717) is 17.4 Å². The van der Waals surface area contributed by atoms with Gasteiger partial charge in [0.2, 0.25) is 10.0 Å². The molecule has 2 unspecified atom stereocenters. The van der Waals surface area contributed by atoms with Crippen LogP contribution in [0.2, 0.25) is 0 Å². The predicted molar refractivity (Wildman–Crippen MR) is 70.7 cm³/mol. The van der Waals surface area contributed by atoms with E-state index < -0.39 is 10.0 Å². The quantitative estimate of drug-likeness (QED) is 0.697. The first-order valence-electron chi connectivity index (χ1n) is 6.47. The number of hydrogen-bond donors (Lipinski definition) is 3. The Hall–Kier alpha value is -0.850. The van der Waals surface area contributed by atoms with E-state index in [-0.39, 0.29) is 6.04 Å². The molecule has 0 aliphatic heterocycles. The molecule has 2 atom stereocenters. The summed E-state index contributed by atoms with van der Waals surface area (Å²) in [6.07, 6.45) is 3.55. The van der Waals surface area contributed by atoms with Crippen LogP contribution >= 0.6 is 0 Å². The van der Waals surface area contributed by atoms with Gasteiger partial charge in [0.15, 0.2) is 0 Å². The second-order valence-electron chi connectivity index (χ2n) is 4.77. The van der Waals surface area contributed by atoms with Gasteiger partial charge in [0.25, 0.3) is 0 Å². The van der Waals surface area contributed by atoms with Gasteiger partial charge in [-0.2, -0.15) is 0 Å². The topological polar surface area (TPSA) is 74.0 Å². The molecule has 0 saturated heterocycles. The van der Waals surface area contributed by atoms with Crippen LogP contribution in [0.4, 0.5) is 0 Å². The summed E-state index contributed by atoms with van der Waals surface area (Å²) in [6.45, 7) is 5.62. The third-order valence-corrected chi connectivity index (χ3v) is 4.81. The second kappa shape index (κ2) is 5.42. The van der Waals surface area contributed by atoms with Crippen molar-refractivity contribution in [3.8, 4) is 0 Å². The molecule has 102 valence electrons. The second-order valence-corrected chi connectivity index (χ2v) is 6.49. The van der Waals surface area contributed by atoms with Crippen molar-refractivity contribution in [2.45, 2.75) is 44.2 Å². The average Bonchev–Trinajstić information content (AvgIpc) is 2.89. The van der Waals surface area contributed by atoms with Gasteiger partial charge in [-0.05, 0) is 24.9 Å². The highest BCUT2D eigenvalue weighted by atomic mass is 32.2. The fourth-order valence-electron chi connectivity index (χ4n) is 2.05. The summed E-state index contributed by atoms with van der Waals surface area (Å²) in [5.41, 5.74) is 0.889. The van der Waals surface area contributed by atoms with E-state index in [1.807, 2.05) is 6.92 Å². The molecule has 1 fully saturated rings. The Balaban J connectivity index is 1.99. The van der Waals surface area contributed by atoms with E-state index in [9.17, 15) is 8.42 Å². The molecule has 0 amide bonds. The van der Waals surface area contributed by atoms with Crippen LogP contribution in [0.3, 0.4) is 0 Å². The molecule has 0 aromatic carbocycles. The summed E-state index contributed by atoms with van der Waals surface area (Å²) in [6, 6.07) is 1.82. The van der Waals surface area contributed by atoms with E-state index in [1.54, 1.807) is 12.3 Å². The maximum atomic E-state index is 12.1. The standard InChI is InChI=1S/C12H21N3O2S/c1-3-9-5-12(9)15-18(16,17)11-6-10(14-8-11)7-13-4-2/h6,8-9,12-15H,3-5,7H2,1-2H3. The Bertz CT molecular complexity index is 495. The number of aromatic nitrogens is 1. The summed E-state index contributed by atoms with van der Waals surface area (Å²) in [7, 11) is -3.35. The Morgan fingerprint density at radius 1 is 1.44 bits per heavy atom. The normalized spacial score (nSPS) is 23.2. The van der Waals surface area contributed by atoms with Gasteiger partial charge in [-0.15, -0.1) is 0 Å². The summed E-state index contributed by atoms with van der Waals surface area (Å²) in [5, 5.41) is 3.15. The Morgan fingerprint density at radius 3 is 2.83 bits per heavy atom. The molecule has 0 radical (unpaired) electrons. The van der Waals surface area contributed by atoms with Crippen LogP contribution in [-0.4, -0.2) is 26.0 Å². The minimum Gasteiger partial charge on any atom is -0.363 e. The fourth-order valence-corrected chi connectivity index (χ4v) is 3.38. The van der Waals surface area contributed by atoms with E-state index in [2.05, 4.69) is 21.9 Å². The molecule has 1 aliphatic carbocycles. The van der Waals surface area contributed by atoms with Crippen molar-refractivity contribution in [3.05, 3.63) is 18.0 Å². The summed E-state index contributed by atoms with van der Waals surface area (Å²) in [4.78, 5) is 3.31. The van der Waals surface area contributed by atoms with Gasteiger partial charge >= 0.3 is 0 Å². The van der Waals surface area contributed by atoms with Gasteiger partial charge < -0.3 is 10.3 Å². The third-order valence-electron chi connectivity index (χ3n) is 3.35. The highest BCUT2D eigenvalue weighted by Crippen LogP contribution is 2.34. The number of H-pyrrole nitrogens is 1. The molecule has 0 bridgehead atoms. The number of rotatable bonds is 7. The highest BCUT2D eigenvalue weighted by Gasteiger charge is 2.38. The van der Waals surface area contributed by atoms with E-state index in [0.717, 1.165) is 25.1 Å². The van der Waals surface area contributed by atoms with Crippen LogP contribution < -0.4 is 10.0 Å². The molecule has 1 aromatic rings. The zero-order valence-electron chi connectivity index (χ0n) is 10.9. The van der Waals surface area contributed by atoms with Crippen LogP contribution in [0.25, 0.3) is 0 Å². The summed E-state index contributed by atoms with van der Waals surface area (Å²) < 4.78 is 26.9. The molecule has 1 aliphatic rings. The van der Waals surface area contributed by atoms with Crippen molar-refractivity contribution in [1.82, 2.24) is 15.0 Å². The molecule has 0 spiro atoms. The molecule has 5 nitrogen and oxygen atoms in total. The minimum absolute atomic E-state index is 0.132. The molecule has 6 heteroatoms. The molecule has 2 rings (SSSR count). The summed E-state index contributed by atoms with van der Waals surface area (Å²) >= 11 is 0. The molecular weight excluding hydrogens is 250 g/mol. The lowest BCUT2D eigenvalue weighted by Crippen LogP contribution is -2.26. The van der Waals surface area contributed by atoms with Gasteiger partial charge in [0.05, 0.1) is 4.90 Å². The van der Waals surface area contributed by atoms with Crippen LogP contribution in [0.1, 0.15) is 32.4 Å². The predicted octanol–water partition coefficient (Wildman–Crippen LogP) is 1.20. The van der Waals surface area contributed by atoms with Gasteiger partial charge in [-0.25, -0.2) is 13.1 Å². The van der Waals surface area contributed by atoms with Gasteiger partial charge in [-0.3, -0.25) is 0 Å². The lowest BCUT2D eigenvalue weighted by atomic mass is 10.3. The Kier molecular flexibility index (Phi) is 4.09. The largest absolute Gasteiger partial charge is 0.363 e. The molecule has 18 heavy (non-hydrogen) atoms. The minimum atomic E-state index is -3.35. The molecule has 1 saturated carbocycles. The van der Waals surface area contributed by atoms with Crippen LogP contribution in [0.15, 0.2) is 17.2 Å². The molecule has 1 aromatic heterocycles. The zero-order chi connectivity index (χ0) is 13.2. The molecule has 1 heterocycles. The first-order valence-corrected chi connectivity index (χ1v) is 7.95. The van der Waals surface area contributed by atoms with Crippen molar-refractivity contribution in [1.29, 1.82) is 0 Å². The third kappa shape index (κ3) is 3.13. The Labute approximate surface area is 108 Å². The smallest absolute Gasteiger partial charge is 0.242 e. The van der Waals surface area contributed by atoms with Crippen LogP contribution in [0.5, 0.6) is 0 Å². The Morgan fingerprint density at radius 2 is 2.22 bits per heavy atom. The monoisotopic (exact) mass is 271 g/mol. The SMILES string of the molecule is CCNCc1cc(S(=O)(=O)NC2CC2CC)c[nH]1.